The van der Waals surface area contributed by atoms with Crippen LogP contribution in [0.4, 0.5) is 11.4 Å². The van der Waals surface area contributed by atoms with Crippen LogP contribution in [0.3, 0.4) is 0 Å². The molecule has 2 rings (SSSR count). The standard InChI is InChI=1S/C13H16N2O4/c1-8-7-10(4-5-11(8)15(17)18)14-13(16)12-6-3-9(2)19-12/h4-5,7,9,12H,3,6H2,1-2H3,(H,14,16). The van der Waals surface area contributed by atoms with E-state index >= 15 is 0 Å². The van der Waals surface area contributed by atoms with E-state index in [-0.39, 0.29) is 17.7 Å². The predicted molar refractivity (Wildman–Crippen MR) is 70.0 cm³/mol. The van der Waals surface area contributed by atoms with Crippen LogP contribution in [0.25, 0.3) is 0 Å². The van der Waals surface area contributed by atoms with Crippen molar-refractivity contribution < 1.29 is 14.5 Å². The van der Waals surface area contributed by atoms with Gasteiger partial charge >= 0.3 is 0 Å². The molecule has 2 unspecified atom stereocenters. The Kier molecular flexibility index (Phi) is 3.80. The largest absolute Gasteiger partial charge is 0.365 e. The van der Waals surface area contributed by atoms with Crippen LogP contribution in [-0.2, 0) is 9.53 Å². The van der Waals surface area contributed by atoms with Gasteiger partial charge in [0.25, 0.3) is 11.6 Å². The maximum Gasteiger partial charge on any atom is 0.272 e. The Bertz CT molecular complexity index is 515. The summed E-state index contributed by atoms with van der Waals surface area (Å²) in [6.45, 7) is 3.57. The number of amides is 1. The molecule has 0 radical (unpaired) electrons. The summed E-state index contributed by atoms with van der Waals surface area (Å²) < 4.78 is 5.47. The summed E-state index contributed by atoms with van der Waals surface area (Å²) in [4.78, 5) is 22.2. The molecule has 1 aromatic rings. The van der Waals surface area contributed by atoms with Gasteiger partial charge in [0.1, 0.15) is 6.10 Å². The minimum atomic E-state index is -0.442. The number of anilines is 1. The van der Waals surface area contributed by atoms with Gasteiger partial charge in [0.15, 0.2) is 0 Å². The average molecular weight is 264 g/mol. The Labute approximate surface area is 110 Å². The van der Waals surface area contributed by atoms with E-state index in [1.54, 1.807) is 13.0 Å². The summed E-state index contributed by atoms with van der Waals surface area (Å²) in [6.07, 6.45) is 1.26. The molecule has 1 aromatic carbocycles. The van der Waals surface area contributed by atoms with E-state index in [1.165, 1.54) is 12.1 Å². The SMILES string of the molecule is Cc1cc(NC(=O)C2CCC(C)O2)ccc1[N+](=O)[O-]. The Balaban J connectivity index is 2.05. The third kappa shape index (κ3) is 3.08. The fourth-order valence-corrected chi connectivity index (χ4v) is 2.16. The molecule has 1 aliphatic heterocycles. The van der Waals surface area contributed by atoms with Crippen LogP contribution in [0.2, 0.25) is 0 Å². The molecule has 6 nitrogen and oxygen atoms in total. The number of nitrogens with one attached hydrogen (secondary N) is 1. The highest BCUT2D eigenvalue weighted by Gasteiger charge is 2.28. The second-order valence-electron chi connectivity index (χ2n) is 4.76. The summed E-state index contributed by atoms with van der Waals surface area (Å²) in [5.74, 6) is -0.197. The molecule has 1 aliphatic rings. The average Bonchev–Trinajstić information content (AvgIpc) is 2.75. The lowest BCUT2D eigenvalue weighted by Gasteiger charge is -2.12. The van der Waals surface area contributed by atoms with Crippen molar-refractivity contribution in [3.8, 4) is 0 Å². The quantitative estimate of drug-likeness (QED) is 0.671. The van der Waals surface area contributed by atoms with Crippen molar-refractivity contribution in [2.45, 2.75) is 38.9 Å². The van der Waals surface area contributed by atoms with Crippen LogP contribution in [0.1, 0.15) is 25.3 Å². The topological polar surface area (TPSA) is 81.5 Å². The molecule has 19 heavy (non-hydrogen) atoms. The summed E-state index contributed by atoms with van der Waals surface area (Å²) in [5, 5.41) is 13.4. The molecule has 102 valence electrons. The molecule has 1 N–H and O–H groups in total. The lowest BCUT2D eigenvalue weighted by atomic mass is 10.1. The maximum absolute atomic E-state index is 11.9. The smallest absolute Gasteiger partial charge is 0.272 e. The van der Waals surface area contributed by atoms with Gasteiger partial charge in [-0.2, -0.15) is 0 Å². The minimum Gasteiger partial charge on any atom is -0.365 e. The Morgan fingerprint density at radius 3 is 2.74 bits per heavy atom. The van der Waals surface area contributed by atoms with Crippen molar-refractivity contribution in [1.82, 2.24) is 0 Å². The fraction of sp³-hybridized carbons (Fsp3) is 0.462. The van der Waals surface area contributed by atoms with E-state index in [9.17, 15) is 14.9 Å². The zero-order chi connectivity index (χ0) is 14.0. The molecule has 1 saturated heterocycles. The predicted octanol–water partition coefficient (Wildman–Crippen LogP) is 2.41. The maximum atomic E-state index is 11.9. The number of nitro groups is 1. The lowest BCUT2D eigenvalue weighted by molar-refractivity contribution is -0.385. The highest BCUT2D eigenvalue weighted by atomic mass is 16.6. The van der Waals surface area contributed by atoms with Gasteiger partial charge in [-0.15, -0.1) is 0 Å². The molecular weight excluding hydrogens is 248 g/mol. The molecule has 6 heteroatoms. The Morgan fingerprint density at radius 1 is 1.47 bits per heavy atom. The molecule has 2 atom stereocenters. The number of rotatable bonds is 3. The third-order valence-electron chi connectivity index (χ3n) is 3.19. The summed E-state index contributed by atoms with van der Waals surface area (Å²) in [5.41, 5.74) is 1.11. The highest BCUT2D eigenvalue weighted by molar-refractivity contribution is 5.94. The van der Waals surface area contributed by atoms with E-state index in [0.29, 0.717) is 17.7 Å². The zero-order valence-corrected chi connectivity index (χ0v) is 10.9. The molecule has 1 heterocycles. The van der Waals surface area contributed by atoms with Crippen molar-refractivity contribution in [2.24, 2.45) is 0 Å². The number of hydrogen-bond donors (Lipinski definition) is 1. The van der Waals surface area contributed by atoms with E-state index < -0.39 is 11.0 Å². The summed E-state index contributed by atoms with van der Waals surface area (Å²) in [6, 6.07) is 4.51. The number of ether oxygens (including phenoxy) is 1. The number of carbonyl (C=O) groups excluding carboxylic acids is 1. The van der Waals surface area contributed by atoms with Gasteiger partial charge in [0.2, 0.25) is 0 Å². The van der Waals surface area contributed by atoms with Crippen LogP contribution in [0.15, 0.2) is 18.2 Å². The van der Waals surface area contributed by atoms with E-state index in [1.807, 2.05) is 6.92 Å². The van der Waals surface area contributed by atoms with Crippen molar-refractivity contribution in [2.75, 3.05) is 5.32 Å². The molecule has 0 aromatic heterocycles. The van der Waals surface area contributed by atoms with Crippen molar-refractivity contribution in [1.29, 1.82) is 0 Å². The van der Waals surface area contributed by atoms with Crippen molar-refractivity contribution in [3.05, 3.63) is 33.9 Å². The van der Waals surface area contributed by atoms with Crippen LogP contribution >= 0.6 is 0 Å². The first-order valence-electron chi connectivity index (χ1n) is 6.18. The number of nitro benzene ring substituents is 1. The molecular formula is C13H16N2O4. The lowest BCUT2D eigenvalue weighted by Crippen LogP contribution is -2.27. The first-order valence-corrected chi connectivity index (χ1v) is 6.18. The molecule has 0 aliphatic carbocycles. The first kappa shape index (κ1) is 13.5. The second kappa shape index (κ2) is 5.36. The molecule has 1 amide bonds. The van der Waals surface area contributed by atoms with E-state index in [0.717, 1.165) is 6.42 Å². The number of carbonyl (C=O) groups is 1. The van der Waals surface area contributed by atoms with Gasteiger partial charge in [0, 0.05) is 17.3 Å². The number of hydrogen-bond acceptors (Lipinski definition) is 4. The van der Waals surface area contributed by atoms with Gasteiger partial charge in [-0.05, 0) is 38.8 Å². The van der Waals surface area contributed by atoms with E-state index in [2.05, 4.69) is 5.32 Å². The monoisotopic (exact) mass is 264 g/mol. The molecule has 0 saturated carbocycles. The zero-order valence-electron chi connectivity index (χ0n) is 10.9. The summed E-state index contributed by atoms with van der Waals surface area (Å²) >= 11 is 0. The van der Waals surface area contributed by atoms with Gasteiger partial charge in [-0.25, -0.2) is 0 Å². The Hall–Kier alpha value is -1.95. The van der Waals surface area contributed by atoms with Crippen LogP contribution in [0.5, 0.6) is 0 Å². The Morgan fingerprint density at radius 2 is 2.21 bits per heavy atom. The number of nitrogens with zero attached hydrogens (tertiary/aromatic N) is 1. The highest BCUT2D eigenvalue weighted by Crippen LogP contribution is 2.24. The van der Waals surface area contributed by atoms with Crippen LogP contribution in [-0.4, -0.2) is 23.0 Å². The second-order valence-corrected chi connectivity index (χ2v) is 4.76. The normalized spacial score (nSPS) is 22.2. The van der Waals surface area contributed by atoms with Crippen LogP contribution in [0, 0.1) is 17.0 Å². The third-order valence-corrected chi connectivity index (χ3v) is 3.19. The van der Waals surface area contributed by atoms with Crippen molar-refractivity contribution >= 4 is 17.3 Å². The molecule has 0 bridgehead atoms. The molecule has 1 fully saturated rings. The van der Waals surface area contributed by atoms with Gasteiger partial charge < -0.3 is 10.1 Å². The summed E-state index contributed by atoms with van der Waals surface area (Å²) in [7, 11) is 0. The fourth-order valence-electron chi connectivity index (χ4n) is 2.16. The van der Waals surface area contributed by atoms with Gasteiger partial charge in [-0.1, -0.05) is 0 Å². The first-order chi connectivity index (χ1) is 8.97. The number of aryl methyl sites for hydroxylation is 1. The van der Waals surface area contributed by atoms with Crippen LogP contribution < -0.4 is 5.32 Å². The van der Waals surface area contributed by atoms with Gasteiger partial charge in [-0.3, -0.25) is 14.9 Å². The van der Waals surface area contributed by atoms with Crippen molar-refractivity contribution in [3.63, 3.8) is 0 Å². The van der Waals surface area contributed by atoms with E-state index in [4.69, 9.17) is 4.74 Å². The molecule has 0 spiro atoms. The minimum absolute atomic E-state index is 0.0451. The van der Waals surface area contributed by atoms with Gasteiger partial charge in [0.05, 0.1) is 11.0 Å². The number of benzene rings is 1.